The Bertz CT molecular complexity index is 353. The minimum absolute atomic E-state index is 0.163. The summed E-state index contributed by atoms with van der Waals surface area (Å²) in [6, 6.07) is 7.45. The number of rotatable bonds is 4. The van der Waals surface area contributed by atoms with Crippen molar-refractivity contribution in [2.24, 2.45) is 0 Å². The van der Waals surface area contributed by atoms with Gasteiger partial charge in [-0.3, -0.25) is 4.79 Å². The van der Waals surface area contributed by atoms with Gasteiger partial charge >= 0.3 is 0 Å². The average Bonchev–Trinajstić information content (AvgIpc) is 2.14. The molecule has 0 amide bonds. The van der Waals surface area contributed by atoms with Gasteiger partial charge in [0.1, 0.15) is 5.75 Å². The van der Waals surface area contributed by atoms with Crippen molar-refractivity contribution in [1.29, 1.82) is 0 Å². The van der Waals surface area contributed by atoms with E-state index in [1.54, 1.807) is 0 Å². The molecule has 0 atom stereocenters. The van der Waals surface area contributed by atoms with Crippen molar-refractivity contribution >= 4 is 14.1 Å². The molecule has 0 N–H and O–H groups in total. The molecule has 15 heavy (non-hydrogen) atoms. The van der Waals surface area contributed by atoms with Crippen LogP contribution in [-0.4, -0.2) is 14.1 Å². The number of benzene rings is 1. The second-order valence-electron chi connectivity index (χ2n) is 4.52. The third kappa shape index (κ3) is 3.87. The summed E-state index contributed by atoms with van der Waals surface area (Å²) < 4.78 is 5.82. The van der Waals surface area contributed by atoms with Crippen LogP contribution >= 0.6 is 0 Å². The summed E-state index contributed by atoms with van der Waals surface area (Å²) in [7, 11) is -1.58. The predicted molar refractivity (Wildman–Crippen MR) is 65.0 cm³/mol. The normalized spacial score (nSPS) is 11.2. The molecule has 0 saturated carbocycles. The minimum atomic E-state index is -1.58. The zero-order valence-electron chi connectivity index (χ0n) is 9.83. The standard InChI is InChI=1S/C12H18O2Si/c1-5-12(13)10-7-6-8-11(9-10)14-15(2,3)4/h6-9H,5H2,1-4H3. The maximum Gasteiger partial charge on any atom is 0.242 e. The molecule has 3 heteroatoms. The molecule has 0 unspecified atom stereocenters. The van der Waals surface area contributed by atoms with Gasteiger partial charge in [-0.05, 0) is 31.8 Å². The Labute approximate surface area is 92.4 Å². The minimum Gasteiger partial charge on any atom is -0.544 e. The Morgan fingerprint density at radius 1 is 1.33 bits per heavy atom. The van der Waals surface area contributed by atoms with Crippen molar-refractivity contribution < 1.29 is 9.22 Å². The molecule has 0 aliphatic rings. The first-order valence-corrected chi connectivity index (χ1v) is 8.65. The molecule has 0 bridgehead atoms. The Morgan fingerprint density at radius 2 is 2.00 bits per heavy atom. The Kier molecular flexibility index (Phi) is 3.69. The van der Waals surface area contributed by atoms with E-state index < -0.39 is 8.32 Å². The van der Waals surface area contributed by atoms with Gasteiger partial charge in [-0.15, -0.1) is 0 Å². The summed E-state index contributed by atoms with van der Waals surface area (Å²) in [5, 5.41) is 0. The average molecular weight is 222 g/mol. The summed E-state index contributed by atoms with van der Waals surface area (Å²) in [6.07, 6.45) is 0.538. The highest BCUT2D eigenvalue weighted by Crippen LogP contribution is 2.18. The van der Waals surface area contributed by atoms with Crippen LogP contribution in [0, 0.1) is 0 Å². The van der Waals surface area contributed by atoms with Crippen LogP contribution in [0.5, 0.6) is 5.75 Å². The lowest BCUT2D eigenvalue weighted by Crippen LogP contribution is -2.29. The molecule has 1 aromatic carbocycles. The summed E-state index contributed by atoms with van der Waals surface area (Å²) in [5.41, 5.74) is 0.744. The van der Waals surface area contributed by atoms with Crippen molar-refractivity contribution in [2.75, 3.05) is 0 Å². The largest absolute Gasteiger partial charge is 0.544 e. The summed E-state index contributed by atoms with van der Waals surface area (Å²) in [6.45, 7) is 8.25. The molecule has 2 nitrogen and oxygen atoms in total. The summed E-state index contributed by atoms with van der Waals surface area (Å²) in [4.78, 5) is 11.5. The van der Waals surface area contributed by atoms with Crippen LogP contribution in [0.1, 0.15) is 23.7 Å². The van der Waals surface area contributed by atoms with Crippen LogP contribution in [-0.2, 0) is 0 Å². The van der Waals surface area contributed by atoms with Gasteiger partial charge in [0, 0.05) is 12.0 Å². The van der Waals surface area contributed by atoms with Crippen LogP contribution in [0.4, 0.5) is 0 Å². The molecule has 1 rings (SSSR count). The van der Waals surface area contributed by atoms with Crippen LogP contribution in [0.2, 0.25) is 19.6 Å². The van der Waals surface area contributed by atoms with E-state index in [-0.39, 0.29) is 5.78 Å². The van der Waals surface area contributed by atoms with E-state index in [1.807, 2.05) is 31.2 Å². The third-order valence-corrected chi connectivity index (χ3v) is 2.75. The Morgan fingerprint density at radius 3 is 2.53 bits per heavy atom. The van der Waals surface area contributed by atoms with E-state index in [2.05, 4.69) is 19.6 Å². The number of ketones is 1. The summed E-state index contributed by atoms with van der Waals surface area (Å²) >= 11 is 0. The second-order valence-corrected chi connectivity index (χ2v) is 8.95. The van der Waals surface area contributed by atoms with E-state index in [0.29, 0.717) is 6.42 Å². The first kappa shape index (κ1) is 12.0. The van der Waals surface area contributed by atoms with Crippen molar-refractivity contribution in [3.05, 3.63) is 29.8 Å². The molecular weight excluding hydrogens is 204 g/mol. The Balaban J connectivity index is 2.88. The van der Waals surface area contributed by atoms with Gasteiger partial charge in [-0.25, -0.2) is 0 Å². The van der Waals surface area contributed by atoms with Gasteiger partial charge in [0.05, 0.1) is 0 Å². The quantitative estimate of drug-likeness (QED) is 0.576. The van der Waals surface area contributed by atoms with Crippen molar-refractivity contribution in [2.45, 2.75) is 33.0 Å². The van der Waals surface area contributed by atoms with E-state index >= 15 is 0 Å². The molecule has 0 aliphatic heterocycles. The maximum absolute atomic E-state index is 11.5. The topological polar surface area (TPSA) is 26.3 Å². The lowest BCUT2D eigenvalue weighted by atomic mass is 10.1. The molecule has 82 valence electrons. The fraction of sp³-hybridized carbons (Fsp3) is 0.417. The smallest absolute Gasteiger partial charge is 0.242 e. The maximum atomic E-state index is 11.5. The molecule has 0 aromatic heterocycles. The number of carbonyl (C=O) groups is 1. The monoisotopic (exact) mass is 222 g/mol. The highest BCUT2D eigenvalue weighted by atomic mass is 28.4. The van der Waals surface area contributed by atoms with Gasteiger partial charge in [0.25, 0.3) is 0 Å². The molecule has 0 saturated heterocycles. The fourth-order valence-corrected chi connectivity index (χ4v) is 2.12. The van der Waals surface area contributed by atoms with E-state index in [9.17, 15) is 4.79 Å². The van der Waals surface area contributed by atoms with Gasteiger partial charge in [0.2, 0.25) is 8.32 Å². The predicted octanol–water partition coefficient (Wildman–Crippen LogP) is 3.49. The van der Waals surface area contributed by atoms with Crippen LogP contribution < -0.4 is 4.43 Å². The first-order chi connectivity index (χ1) is 6.92. The first-order valence-electron chi connectivity index (χ1n) is 5.24. The van der Waals surface area contributed by atoms with Crippen molar-refractivity contribution in [1.82, 2.24) is 0 Å². The Hall–Kier alpha value is -1.09. The van der Waals surface area contributed by atoms with E-state index in [0.717, 1.165) is 11.3 Å². The second kappa shape index (κ2) is 4.62. The molecule has 1 aromatic rings. The number of hydrogen-bond acceptors (Lipinski definition) is 2. The van der Waals surface area contributed by atoms with Crippen molar-refractivity contribution in [3.63, 3.8) is 0 Å². The lowest BCUT2D eigenvalue weighted by molar-refractivity contribution is 0.0988. The van der Waals surface area contributed by atoms with E-state index in [4.69, 9.17) is 4.43 Å². The highest BCUT2D eigenvalue weighted by molar-refractivity contribution is 6.70. The molecule has 0 heterocycles. The third-order valence-electron chi connectivity index (χ3n) is 1.90. The van der Waals surface area contributed by atoms with Crippen LogP contribution in [0.3, 0.4) is 0 Å². The molecule has 0 spiro atoms. The zero-order chi connectivity index (χ0) is 11.5. The molecule has 0 radical (unpaired) electrons. The van der Waals surface area contributed by atoms with E-state index in [1.165, 1.54) is 0 Å². The van der Waals surface area contributed by atoms with Gasteiger partial charge in [-0.1, -0.05) is 19.1 Å². The summed E-state index contributed by atoms with van der Waals surface area (Å²) in [5.74, 6) is 0.976. The molecule has 0 fully saturated rings. The molecular formula is C12H18O2Si. The van der Waals surface area contributed by atoms with Crippen molar-refractivity contribution in [3.8, 4) is 5.75 Å². The van der Waals surface area contributed by atoms with Crippen LogP contribution in [0.25, 0.3) is 0 Å². The lowest BCUT2D eigenvalue weighted by Gasteiger charge is -2.19. The zero-order valence-corrected chi connectivity index (χ0v) is 10.8. The van der Waals surface area contributed by atoms with Gasteiger partial charge in [0.15, 0.2) is 5.78 Å². The number of hydrogen-bond donors (Lipinski definition) is 0. The fourth-order valence-electron chi connectivity index (χ4n) is 1.29. The van der Waals surface area contributed by atoms with Crippen LogP contribution in [0.15, 0.2) is 24.3 Å². The highest BCUT2D eigenvalue weighted by Gasteiger charge is 2.16. The van der Waals surface area contributed by atoms with Gasteiger partial charge < -0.3 is 4.43 Å². The SMILES string of the molecule is CCC(=O)c1cccc(O[Si](C)(C)C)c1. The molecule has 0 aliphatic carbocycles. The number of carbonyl (C=O) groups excluding carboxylic acids is 1. The number of Topliss-reactive ketones (excluding diaryl/α,β-unsaturated/α-hetero) is 1. The van der Waals surface area contributed by atoms with Gasteiger partial charge in [-0.2, -0.15) is 0 Å².